The zero-order chi connectivity index (χ0) is 26.6. The first-order valence-electron chi connectivity index (χ1n) is 11.2. The Labute approximate surface area is 218 Å². The van der Waals surface area contributed by atoms with Crippen molar-refractivity contribution in [1.29, 1.82) is 0 Å². The van der Waals surface area contributed by atoms with E-state index >= 15 is 0 Å². The molecule has 0 aromatic heterocycles. The fourth-order valence-electron chi connectivity index (χ4n) is 3.65. The molecule has 1 unspecified atom stereocenters. The molecule has 35 heavy (non-hydrogen) atoms. The molecular formula is C25H33Cl2N3O4S. The zero-order valence-corrected chi connectivity index (χ0v) is 23.3. The Morgan fingerprint density at radius 3 is 2.29 bits per heavy atom. The van der Waals surface area contributed by atoms with Crippen LogP contribution in [0.4, 0.5) is 5.69 Å². The van der Waals surface area contributed by atoms with Crippen LogP contribution in [0.2, 0.25) is 10.0 Å². The van der Waals surface area contributed by atoms with Gasteiger partial charge in [0.15, 0.2) is 0 Å². The molecule has 0 heterocycles. The van der Waals surface area contributed by atoms with Gasteiger partial charge >= 0.3 is 0 Å². The predicted octanol–water partition coefficient (Wildman–Crippen LogP) is 4.79. The van der Waals surface area contributed by atoms with Gasteiger partial charge in [0.25, 0.3) is 0 Å². The van der Waals surface area contributed by atoms with Crippen LogP contribution in [0.25, 0.3) is 0 Å². The standard InChI is InChI=1S/C25H33Cl2N3O4S/c1-7-21(24(32)28-25(3,4)5)29(15-18-10-8-9-17(2)13-18)23(31)16-30(35(6,33)34)22-14-19(26)11-12-20(22)27/h8-14,21H,7,15-16H2,1-6H3,(H,28,32). The monoisotopic (exact) mass is 541 g/mol. The van der Waals surface area contributed by atoms with Crippen molar-refractivity contribution in [3.05, 3.63) is 63.6 Å². The Bertz CT molecular complexity index is 1180. The third-order valence-corrected chi connectivity index (χ3v) is 6.86. The smallest absolute Gasteiger partial charge is 0.244 e. The van der Waals surface area contributed by atoms with Crippen LogP contribution in [-0.2, 0) is 26.2 Å². The zero-order valence-electron chi connectivity index (χ0n) is 20.9. The normalized spacial score (nSPS) is 12.7. The summed E-state index contributed by atoms with van der Waals surface area (Å²) in [6.45, 7) is 8.92. The van der Waals surface area contributed by atoms with Crippen molar-refractivity contribution in [3.8, 4) is 0 Å². The van der Waals surface area contributed by atoms with Crippen molar-refractivity contribution >= 4 is 50.7 Å². The average molecular weight is 543 g/mol. The fourth-order valence-corrected chi connectivity index (χ4v) is 4.94. The Balaban J connectivity index is 2.51. The highest BCUT2D eigenvalue weighted by Gasteiger charge is 2.33. The molecule has 0 fully saturated rings. The molecule has 2 rings (SSSR count). The Kier molecular flexibility index (Phi) is 9.62. The largest absolute Gasteiger partial charge is 0.350 e. The van der Waals surface area contributed by atoms with Crippen LogP contribution in [0, 0.1) is 6.92 Å². The quantitative estimate of drug-likeness (QED) is 0.494. The first kappa shape index (κ1) is 28.9. The molecule has 0 radical (unpaired) electrons. The molecule has 0 bridgehead atoms. The highest BCUT2D eigenvalue weighted by Crippen LogP contribution is 2.31. The summed E-state index contributed by atoms with van der Waals surface area (Å²) in [5, 5.41) is 3.34. The first-order chi connectivity index (χ1) is 16.1. The topological polar surface area (TPSA) is 86.8 Å². The van der Waals surface area contributed by atoms with Gasteiger partial charge in [-0.3, -0.25) is 13.9 Å². The van der Waals surface area contributed by atoms with Crippen molar-refractivity contribution in [2.45, 2.75) is 59.2 Å². The highest BCUT2D eigenvalue weighted by atomic mass is 35.5. The molecule has 2 aromatic rings. The first-order valence-corrected chi connectivity index (χ1v) is 13.8. The molecule has 2 amide bonds. The molecule has 0 aliphatic carbocycles. The molecule has 0 spiro atoms. The van der Waals surface area contributed by atoms with Gasteiger partial charge in [-0.05, 0) is 57.9 Å². The molecule has 0 saturated heterocycles. The van der Waals surface area contributed by atoms with Gasteiger partial charge in [-0.15, -0.1) is 0 Å². The number of carbonyl (C=O) groups is 2. The average Bonchev–Trinajstić information content (AvgIpc) is 2.71. The molecule has 192 valence electrons. The number of rotatable bonds is 9. The van der Waals surface area contributed by atoms with Gasteiger partial charge in [0.2, 0.25) is 21.8 Å². The summed E-state index contributed by atoms with van der Waals surface area (Å²) in [6.07, 6.45) is 1.34. The predicted molar refractivity (Wildman–Crippen MR) is 142 cm³/mol. The van der Waals surface area contributed by atoms with Crippen molar-refractivity contribution in [2.75, 3.05) is 17.1 Å². The van der Waals surface area contributed by atoms with Crippen LogP contribution >= 0.6 is 23.2 Å². The number of carbonyl (C=O) groups excluding carboxylic acids is 2. The molecule has 2 aromatic carbocycles. The van der Waals surface area contributed by atoms with E-state index < -0.39 is 34.1 Å². The van der Waals surface area contributed by atoms with Gasteiger partial charge < -0.3 is 10.2 Å². The minimum atomic E-state index is -3.90. The molecule has 0 aliphatic rings. The van der Waals surface area contributed by atoms with Crippen molar-refractivity contribution in [1.82, 2.24) is 10.2 Å². The van der Waals surface area contributed by atoms with E-state index in [9.17, 15) is 18.0 Å². The van der Waals surface area contributed by atoms with Crippen LogP contribution in [-0.4, -0.2) is 49.5 Å². The Hall–Kier alpha value is -2.29. The molecular weight excluding hydrogens is 509 g/mol. The Morgan fingerprint density at radius 2 is 1.74 bits per heavy atom. The van der Waals surface area contributed by atoms with Crippen molar-refractivity contribution in [3.63, 3.8) is 0 Å². The number of nitrogens with zero attached hydrogens (tertiary/aromatic N) is 2. The van der Waals surface area contributed by atoms with Gasteiger partial charge in [0.1, 0.15) is 12.6 Å². The number of aryl methyl sites for hydroxylation is 1. The van der Waals surface area contributed by atoms with Crippen molar-refractivity contribution in [2.24, 2.45) is 0 Å². The fraction of sp³-hybridized carbons (Fsp3) is 0.440. The number of hydrogen-bond donors (Lipinski definition) is 1. The van der Waals surface area contributed by atoms with Crippen LogP contribution in [0.1, 0.15) is 45.2 Å². The van der Waals surface area contributed by atoms with E-state index in [2.05, 4.69) is 5.32 Å². The van der Waals surface area contributed by atoms with Crippen molar-refractivity contribution < 1.29 is 18.0 Å². The number of sulfonamides is 1. The van der Waals surface area contributed by atoms with E-state index in [4.69, 9.17) is 23.2 Å². The van der Waals surface area contributed by atoms with Gasteiger partial charge in [-0.2, -0.15) is 0 Å². The number of benzene rings is 2. The second-order valence-electron chi connectivity index (χ2n) is 9.54. The van der Waals surface area contributed by atoms with Gasteiger partial charge in [0, 0.05) is 17.1 Å². The van der Waals surface area contributed by atoms with E-state index in [0.29, 0.717) is 6.42 Å². The van der Waals surface area contributed by atoms with Crippen LogP contribution in [0.3, 0.4) is 0 Å². The van der Waals surface area contributed by atoms with Crippen LogP contribution < -0.4 is 9.62 Å². The lowest BCUT2D eigenvalue weighted by atomic mass is 10.0. The lowest BCUT2D eigenvalue weighted by Gasteiger charge is -2.34. The molecule has 7 nitrogen and oxygen atoms in total. The third kappa shape index (κ3) is 8.40. The second-order valence-corrected chi connectivity index (χ2v) is 12.3. The van der Waals surface area contributed by atoms with E-state index in [1.807, 2.05) is 58.9 Å². The number of nitrogens with one attached hydrogen (secondary N) is 1. The summed E-state index contributed by atoms with van der Waals surface area (Å²) < 4.78 is 26.3. The minimum Gasteiger partial charge on any atom is -0.350 e. The number of hydrogen-bond acceptors (Lipinski definition) is 4. The lowest BCUT2D eigenvalue weighted by molar-refractivity contribution is -0.141. The summed E-state index contributed by atoms with van der Waals surface area (Å²) in [4.78, 5) is 28.3. The number of anilines is 1. The maximum atomic E-state index is 13.7. The van der Waals surface area contributed by atoms with E-state index in [1.165, 1.54) is 23.1 Å². The van der Waals surface area contributed by atoms with Gasteiger partial charge in [-0.25, -0.2) is 8.42 Å². The summed E-state index contributed by atoms with van der Waals surface area (Å²) in [6, 6.07) is 11.2. The van der Waals surface area contributed by atoms with Gasteiger partial charge in [-0.1, -0.05) is 60.0 Å². The van der Waals surface area contributed by atoms with E-state index in [1.54, 1.807) is 0 Å². The minimum absolute atomic E-state index is 0.0951. The molecule has 0 saturated carbocycles. The summed E-state index contributed by atoms with van der Waals surface area (Å²) >= 11 is 12.3. The molecule has 10 heteroatoms. The Morgan fingerprint density at radius 1 is 1.09 bits per heavy atom. The maximum absolute atomic E-state index is 13.7. The van der Waals surface area contributed by atoms with Gasteiger partial charge in [0.05, 0.1) is 17.0 Å². The second kappa shape index (κ2) is 11.6. The van der Waals surface area contributed by atoms with E-state index in [-0.39, 0.29) is 28.2 Å². The summed E-state index contributed by atoms with van der Waals surface area (Å²) in [5.41, 5.74) is 1.42. The maximum Gasteiger partial charge on any atom is 0.244 e. The molecule has 0 aliphatic heterocycles. The third-order valence-electron chi connectivity index (χ3n) is 5.18. The number of halogens is 2. The summed E-state index contributed by atoms with van der Waals surface area (Å²) in [7, 11) is -3.90. The van der Waals surface area contributed by atoms with E-state index in [0.717, 1.165) is 21.7 Å². The lowest BCUT2D eigenvalue weighted by Crippen LogP contribution is -2.55. The summed E-state index contributed by atoms with van der Waals surface area (Å²) in [5.74, 6) is -0.850. The molecule has 1 atom stereocenters. The van der Waals surface area contributed by atoms with Crippen LogP contribution in [0.15, 0.2) is 42.5 Å². The molecule has 1 N–H and O–H groups in total. The van der Waals surface area contributed by atoms with Crippen LogP contribution in [0.5, 0.6) is 0 Å². The number of amides is 2. The SMILES string of the molecule is CCC(C(=O)NC(C)(C)C)N(Cc1cccc(C)c1)C(=O)CN(c1cc(Cl)ccc1Cl)S(C)(=O)=O. The highest BCUT2D eigenvalue weighted by molar-refractivity contribution is 7.92.